The van der Waals surface area contributed by atoms with Crippen LogP contribution in [0.5, 0.6) is 5.75 Å². The molecule has 2 aromatic rings. The molecule has 0 fully saturated rings. The Morgan fingerprint density at radius 2 is 1.81 bits per heavy atom. The van der Waals surface area contributed by atoms with Gasteiger partial charge in [0.15, 0.2) is 5.75 Å². The third-order valence-corrected chi connectivity index (χ3v) is 3.65. The molecule has 0 aliphatic rings. The predicted molar refractivity (Wildman–Crippen MR) is 76.7 cm³/mol. The molecule has 0 radical (unpaired) electrons. The number of esters is 1. The van der Waals surface area contributed by atoms with Gasteiger partial charge in [0.05, 0.1) is 17.6 Å². The van der Waals surface area contributed by atoms with Gasteiger partial charge in [-0.3, -0.25) is 10.1 Å². The van der Waals surface area contributed by atoms with Gasteiger partial charge in [0.25, 0.3) is 0 Å². The van der Waals surface area contributed by atoms with Crippen LogP contribution in [0.3, 0.4) is 0 Å². The number of nitro benzene ring substituents is 1. The van der Waals surface area contributed by atoms with Crippen molar-refractivity contribution < 1.29 is 19.6 Å². The van der Waals surface area contributed by atoms with Crippen LogP contribution < -0.4 is 0 Å². The van der Waals surface area contributed by atoms with E-state index >= 15 is 0 Å². The molecule has 0 aliphatic carbocycles. The lowest BCUT2D eigenvalue weighted by Crippen LogP contribution is -2.00. The Kier molecular flexibility index (Phi) is 4.44. The molecular weight excluding hydrogens is 294 g/mol. The number of aromatic hydroxyl groups is 1. The fourth-order valence-corrected chi connectivity index (χ4v) is 2.48. The molecule has 0 saturated heterocycles. The van der Waals surface area contributed by atoms with Crippen molar-refractivity contribution in [3.8, 4) is 5.75 Å². The number of methoxy groups -OCH3 is 1. The van der Waals surface area contributed by atoms with Gasteiger partial charge in [-0.2, -0.15) is 0 Å². The van der Waals surface area contributed by atoms with E-state index in [1.54, 1.807) is 30.3 Å². The van der Waals surface area contributed by atoms with Crippen LogP contribution in [0.2, 0.25) is 0 Å². The monoisotopic (exact) mass is 305 g/mol. The van der Waals surface area contributed by atoms with Crippen molar-refractivity contribution in [1.29, 1.82) is 0 Å². The summed E-state index contributed by atoms with van der Waals surface area (Å²) in [6, 6.07) is 10.8. The summed E-state index contributed by atoms with van der Waals surface area (Å²) < 4.78 is 4.60. The molecule has 7 heteroatoms. The molecule has 0 aromatic heterocycles. The molecule has 0 unspecified atom stereocenters. The van der Waals surface area contributed by atoms with Crippen LogP contribution in [-0.2, 0) is 4.74 Å². The summed E-state index contributed by atoms with van der Waals surface area (Å²) in [7, 11) is 1.31. The number of hydrogen-bond acceptors (Lipinski definition) is 6. The number of phenols is 1. The molecule has 0 spiro atoms. The summed E-state index contributed by atoms with van der Waals surface area (Å²) >= 11 is 1.29. The van der Waals surface area contributed by atoms with Crippen molar-refractivity contribution in [2.75, 3.05) is 7.11 Å². The number of ether oxygens (including phenoxy) is 1. The molecule has 0 amide bonds. The van der Waals surface area contributed by atoms with Gasteiger partial charge in [0.1, 0.15) is 0 Å². The van der Waals surface area contributed by atoms with Crippen LogP contribution >= 0.6 is 11.8 Å². The van der Waals surface area contributed by atoms with E-state index in [0.29, 0.717) is 10.5 Å². The highest BCUT2D eigenvalue weighted by Gasteiger charge is 2.14. The molecule has 108 valence electrons. The van der Waals surface area contributed by atoms with E-state index in [1.807, 2.05) is 0 Å². The van der Waals surface area contributed by atoms with Crippen molar-refractivity contribution >= 4 is 23.4 Å². The van der Waals surface area contributed by atoms with Crippen LogP contribution in [0.25, 0.3) is 0 Å². The first kappa shape index (κ1) is 14.9. The number of benzene rings is 2. The second kappa shape index (κ2) is 6.27. The van der Waals surface area contributed by atoms with E-state index in [1.165, 1.54) is 31.0 Å². The van der Waals surface area contributed by atoms with E-state index in [4.69, 9.17) is 0 Å². The van der Waals surface area contributed by atoms with Crippen LogP contribution in [0.4, 0.5) is 5.69 Å². The lowest BCUT2D eigenvalue weighted by atomic mass is 10.2. The summed E-state index contributed by atoms with van der Waals surface area (Å²) in [5, 5.41) is 20.2. The number of hydrogen-bond donors (Lipinski definition) is 1. The smallest absolute Gasteiger partial charge is 0.337 e. The maximum Gasteiger partial charge on any atom is 0.337 e. The first-order chi connectivity index (χ1) is 10.0. The average molecular weight is 305 g/mol. The first-order valence-corrected chi connectivity index (χ1v) is 6.66. The zero-order valence-corrected chi connectivity index (χ0v) is 11.8. The largest absolute Gasteiger partial charge is 0.502 e. The fourth-order valence-electron chi connectivity index (χ4n) is 1.63. The Hall–Kier alpha value is -2.54. The third-order valence-electron chi connectivity index (χ3n) is 2.65. The number of rotatable bonds is 4. The Morgan fingerprint density at radius 3 is 2.38 bits per heavy atom. The lowest BCUT2D eigenvalue weighted by molar-refractivity contribution is -0.386. The normalized spacial score (nSPS) is 10.1. The Labute approximate surface area is 124 Å². The molecule has 0 aliphatic heterocycles. The number of phenolic OH excluding ortho intramolecular Hbond substituents is 1. The number of carbonyl (C=O) groups excluding carboxylic acids is 1. The van der Waals surface area contributed by atoms with Crippen molar-refractivity contribution in [1.82, 2.24) is 0 Å². The number of nitrogens with zero attached hydrogens (tertiary/aromatic N) is 1. The van der Waals surface area contributed by atoms with E-state index < -0.39 is 10.9 Å². The molecule has 1 N–H and O–H groups in total. The minimum Gasteiger partial charge on any atom is -0.502 e. The molecule has 2 rings (SSSR count). The predicted octanol–water partition coefficient (Wildman–Crippen LogP) is 3.24. The summed E-state index contributed by atoms with van der Waals surface area (Å²) in [5.74, 6) is -0.794. The number of nitro groups is 1. The standard InChI is InChI=1S/C14H11NO5S/c1-20-14(17)9-2-4-10(5-3-9)21-11-6-7-13(16)12(8-11)15(18)19/h2-8,16H,1H3. The second-order valence-electron chi connectivity index (χ2n) is 4.03. The Balaban J connectivity index is 2.20. The van der Waals surface area contributed by atoms with Gasteiger partial charge in [-0.1, -0.05) is 11.8 Å². The second-order valence-corrected chi connectivity index (χ2v) is 5.17. The molecule has 6 nitrogen and oxygen atoms in total. The minimum absolute atomic E-state index is 0.341. The molecule has 2 aromatic carbocycles. The highest BCUT2D eigenvalue weighted by atomic mass is 32.2. The number of carbonyl (C=O) groups is 1. The van der Waals surface area contributed by atoms with Crippen LogP contribution in [0, 0.1) is 10.1 Å². The quantitative estimate of drug-likeness (QED) is 0.530. The van der Waals surface area contributed by atoms with E-state index in [2.05, 4.69) is 4.74 Å². The van der Waals surface area contributed by atoms with Gasteiger partial charge in [-0.05, 0) is 36.4 Å². The van der Waals surface area contributed by atoms with Gasteiger partial charge in [0.2, 0.25) is 0 Å². The molecule has 0 bridgehead atoms. The topological polar surface area (TPSA) is 89.7 Å². The lowest BCUT2D eigenvalue weighted by Gasteiger charge is -2.04. The summed E-state index contributed by atoms with van der Waals surface area (Å²) in [6.45, 7) is 0. The first-order valence-electron chi connectivity index (χ1n) is 5.85. The molecular formula is C14H11NO5S. The fraction of sp³-hybridized carbons (Fsp3) is 0.0714. The van der Waals surface area contributed by atoms with Crippen molar-refractivity contribution in [3.05, 3.63) is 58.1 Å². The Morgan fingerprint density at radius 1 is 1.19 bits per heavy atom. The average Bonchev–Trinajstić information content (AvgIpc) is 2.49. The van der Waals surface area contributed by atoms with Gasteiger partial charge in [-0.25, -0.2) is 4.79 Å². The zero-order chi connectivity index (χ0) is 15.4. The summed E-state index contributed by atoms with van der Waals surface area (Å²) in [4.78, 5) is 22.9. The van der Waals surface area contributed by atoms with Gasteiger partial charge < -0.3 is 9.84 Å². The van der Waals surface area contributed by atoms with Gasteiger partial charge in [-0.15, -0.1) is 0 Å². The molecule has 0 saturated carbocycles. The van der Waals surface area contributed by atoms with E-state index in [-0.39, 0.29) is 11.4 Å². The molecule has 0 heterocycles. The van der Waals surface area contributed by atoms with E-state index in [0.717, 1.165) is 4.90 Å². The SMILES string of the molecule is COC(=O)c1ccc(Sc2ccc(O)c([N+](=O)[O-])c2)cc1. The third kappa shape index (κ3) is 3.51. The highest BCUT2D eigenvalue weighted by Crippen LogP contribution is 2.34. The maximum absolute atomic E-state index is 11.3. The van der Waals surface area contributed by atoms with Crippen molar-refractivity contribution in [3.63, 3.8) is 0 Å². The van der Waals surface area contributed by atoms with Gasteiger partial charge >= 0.3 is 11.7 Å². The van der Waals surface area contributed by atoms with Crippen molar-refractivity contribution in [2.45, 2.75) is 9.79 Å². The minimum atomic E-state index is -0.639. The molecule has 0 atom stereocenters. The summed E-state index contributed by atoms with van der Waals surface area (Å²) in [5.41, 5.74) is 0.0877. The van der Waals surface area contributed by atoms with E-state index in [9.17, 15) is 20.0 Å². The van der Waals surface area contributed by atoms with Crippen LogP contribution in [-0.4, -0.2) is 23.1 Å². The van der Waals surface area contributed by atoms with Crippen molar-refractivity contribution in [2.24, 2.45) is 0 Å². The van der Waals surface area contributed by atoms with Gasteiger partial charge in [0, 0.05) is 15.9 Å². The maximum atomic E-state index is 11.3. The highest BCUT2D eigenvalue weighted by molar-refractivity contribution is 7.99. The zero-order valence-electron chi connectivity index (χ0n) is 11.0. The molecule has 21 heavy (non-hydrogen) atoms. The van der Waals surface area contributed by atoms with Crippen LogP contribution in [0.1, 0.15) is 10.4 Å². The van der Waals surface area contributed by atoms with Crippen LogP contribution in [0.15, 0.2) is 52.3 Å². The summed E-state index contributed by atoms with van der Waals surface area (Å²) in [6.07, 6.45) is 0. The Bertz CT molecular complexity index is 684.